The summed E-state index contributed by atoms with van der Waals surface area (Å²) in [5, 5.41) is 12.5. The van der Waals surface area contributed by atoms with Crippen molar-refractivity contribution in [1.82, 2.24) is 4.90 Å². The van der Waals surface area contributed by atoms with Gasteiger partial charge in [-0.15, -0.1) is 0 Å². The summed E-state index contributed by atoms with van der Waals surface area (Å²) in [4.78, 5) is 14.6. The van der Waals surface area contributed by atoms with Crippen LogP contribution < -0.4 is 0 Å². The van der Waals surface area contributed by atoms with Crippen LogP contribution in [-0.2, 0) is 4.79 Å². The Morgan fingerprint density at radius 3 is 2.75 bits per heavy atom. The summed E-state index contributed by atoms with van der Waals surface area (Å²) in [6.07, 6.45) is 3.72. The lowest BCUT2D eigenvalue weighted by atomic mass is 10.00. The molecule has 1 amide bonds. The van der Waals surface area contributed by atoms with Crippen LogP contribution in [0.2, 0.25) is 0 Å². The molecule has 2 aliphatic carbocycles. The van der Waals surface area contributed by atoms with Crippen molar-refractivity contribution >= 4 is 16.7 Å². The summed E-state index contributed by atoms with van der Waals surface area (Å²) in [7, 11) is 1.89. The highest BCUT2D eigenvalue weighted by Gasteiger charge is 2.46. The molecule has 4 rings (SSSR count). The number of aliphatic hydroxyl groups is 1. The second-order valence-corrected chi connectivity index (χ2v) is 7.49. The number of hydrogen-bond acceptors (Lipinski definition) is 2. The minimum atomic E-state index is -0.228. The fraction of sp³-hybridized carbons (Fsp3) is 0.476. The first-order chi connectivity index (χ1) is 11.6. The molecule has 2 aromatic rings. The third-order valence-electron chi connectivity index (χ3n) is 5.83. The van der Waals surface area contributed by atoms with E-state index in [9.17, 15) is 9.90 Å². The summed E-state index contributed by atoms with van der Waals surface area (Å²) in [5.74, 6) is 0.958. The number of fused-ring (bicyclic) bond motifs is 1. The van der Waals surface area contributed by atoms with Crippen LogP contribution in [0.3, 0.4) is 0 Å². The lowest BCUT2D eigenvalue weighted by molar-refractivity contribution is -0.132. The highest BCUT2D eigenvalue weighted by atomic mass is 16.3. The van der Waals surface area contributed by atoms with Gasteiger partial charge in [0.15, 0.2) is 0 Å². The third-order valence-corrected chi connectivity index (χ3v) is 5.83. The van der Waals surface area contributed by atoms with Crippen LogP contribution in [0.5, 0.6) is 0 Å². The monoisotopic (exact) mass is 323 g/mol. The Kier molecular flexibility index (Phi) is 4.05. The van der Waals surface area contributed by atoms with E-state index in [2.05, 4.69) is 42.5 Å². The molecule has 3 heteroatoms. The van der Waals surface area contributed by atoms with E-state index in [1.807, 2.05) is 11.9 Å². The summed E-state index contributed by atoms with van der Waals surface area (Å²) >= 11 is 0. The van der Waals surface area contributed by atoms with Crippen molar-refractivity contribution in [2.24, 2.45) is 11.8 Å². The molecule has 0 spiro atoms. The van der Waals surface area contributed by atoms with Gasteiger partial charge in [-0.3, -0.25) is 4.79 Å². The molecule has 2 fully saturated rings. The fourth-order valence-electron chi connectivity index (χ4n) is 4.34. The molecule has 4 unspecified atom stereocenters. The first-order valence-electron chi connectivity index (χ1n) is 9.06. The van der Waals surface area contributed by atoms with E-state index in [0.29, 0.717) is 12.5 Å². The molecular weight excluding hydrogens is 298 g/mol. The smallest absolute Gasteiger partial charge is 0.226 e. The lowest BCUT2D eigenvalue weighted by Gasteiger charge is -2.23. The molecule has 1 N–H and O–H groups in total. The SMILES string of the molecule is CN(CC1CCCC1O)C(=O)C1CC1c1cccc2ccccc12. The molecule has 2 aliphatic rings. The highest BCUT2D eigenvalue weighted by Crippen LogP contribution is 2.50. The number of hydrogen-bond donors (Lipinski definition) is 1. The number of nitrogens with zero attached hydrogens (tertiary/aromatic N) is 1. The van der Waals surface area contributed by atoms with Crippen LogP contribution in [0, 0.1) is 11.8 Å². The summed E-state index contributed by atoms with van der Waals surface area (Å²) < 4.78 is 0. The second kappa shape index (κ2) is 6.21. The van der Waals surface area contributed by atoms with Gasteiger partial charge in [0.05, 0.1) is 6.10 Å². The molecule has 0 aromatic heterocycles. The van der Waals surface area contributed by atoms with Crippen molar-refractivity contribution in [1.29, 1.82) is 0 Å². The fourth-order valence-corrected chi connectivity index (χ4v) is 4.34. The van der Waals surface area contributed by atoms with Gasteiger partial charge >= 0.3 is 0 Å². The average Bonchev–Trinajstić information content (AvgIpc) is 3.30. The molecule has 0 saturated heterocycles. The molecule has 0 aliphatic heterocycles. The lowest BCUT2D eigenvalue weighted by Crippen LogP contribution is -2.35. The van der Waals surface area contributed by atoms with Crippen LogP contribution in [0.4, 0.5) is 0 Å². The van der Waals surface area contributed by atoms with Gasteiger partial charge in [0.1, 0.15) is 0 Å². The molecule has 24 heavy (non-hydrogen) atoms. The maximum absolute atomic E-state index is 12.8. The van der Waals surface area contributed by atoms with Gasteiger partial charge in [0.2, 0.25) is 5.91 Å². The van der Waals surface area contributed by atoms with E-state index in [4.69, 9.17) is 0 Å². The van der Waals surface area contributed by atoms with Crippen molar-refractivity contribution in [3.8, 4) is 0 Å². The van der Waals surface area contributed by atoms with Crippen molar-refractivity contribution in [3.63, 3.8) is 0 Å². The topological polar surface area (TPSA) is 40.5 Å². The van der Waals surface area contributed by atoms with Gasteiger partial charge in [-0.25, -0.2) is 0 Å². The van der Waals surface area contributed by atoms with Crippen LogP contribution in [0.25, 0.3) is 10.8 Å². The largest absolute Gasteiger partial charge is 0.393 e. The number of carbonyl (C=O) groups excluding carboxylic acids is 1. The Morgan fingerprint density at radius 1 is 1.17 bits per heavy atom. The zero-order valence-electron chi connectivity index (χ0n) is 14.2. The average molecular weight is 323 g/mol. The zero-order chi connectivity index (χ0) is 16.7. The Hall–Kier alpha value is -1.87. The van der Waals surface area contributed by atoms with Gasteiger partial charge in [-0.05, 0) is 41.5 Å². The van der Waals surface area contributed by atoms with Crippen molar-refractivity contribution in [2.45, 2.75) is 37.7 Å². The maximum atomic E-state index is 12.8. The Bertz CT molecular complexity index is 751. The van der Waals surface area contributed by atoms with Crippen LogP contribution in [0.1, 0.15) is 37.2 Å². The van der Waals surface area contributed by atoms with Gasteiger partial charge in [-0.1, -0.05) is 48.9 Å². The van der Waals surface area contributed by atoms with Gasteiger partial charge in [-0.2, -0.15) is 0 Å². The number of carbonyl (C=O) groups is 1. The van der Waals surface area contributed by atoms with Crippen LogP contribution in [-0.4, -0.2) is 35.6 Å². The highest BCUT2D eigenvalue weighted by molar-refractivity contribution is 5.89. The molecular formula is C21H25NO2. The normalized spacial score (nSPS) is 28.9. The van der Waals surface area contributed by atoms with Crippen molar-refractivity contribution < 1.29 is 9.90 Å². The van der Waals surface area contributed by atoms with Gasteiger partial charge in [0, 0.05) is 25.4 Å². The molecule has 0 heterocycles. The van der Waals surface area contributed by atoms with E-state index in [1.54, 1.807) is 0 Å². The van der Waals surface area contributed by atoms with Crippen LogP contribution >= 0.6 is 0 Å². The zero-order valence-corrected chi connectivity index (χ0v) is 14.2. The minimum absolute atomic E-state index is 0.111. The Morgan fingerprint density at radius 2 is 1.96 bits per heavy atom. The molecule has 0 bridgehead atoms. The molecule has 0 radical (unpaired) electrons. The van der Waals surface area contributed by atoms with E-state index >= 15 is 0 Å². The molecule has 126 valence electrons. The Labute approximate surface area is 143 Å². The molecule has 2 aromatic carbocycles. The van der Waals surface area contributed by atoms with Crippen molar-refractivity contribution in [2.75, 3.05) is 13.6 Å². The quantitative estimate of drug-likeness (QED) is 0.934. The van der Waals surface area contributed by atoms with E-state index < -0.39 is 0 Å². The molecule has 3 nitrogen and oxygen atoms in total. The first kappa shape index (κ1) is 15.6. The minimum Gasteiger partial charge on any atom is -0.393 e. The van der Waals surface area contributed by atoms with Crippen LogP contribution in [0.15, 0.2) is 42.5 Å². The standard InChI is InChI=1S/C21H25NO2/c1-22(13-15-8-5-11-20(15)23)21(24)19-12-18(19)17-10-4-7-14-6-2-3-9-16(14)17/h2-4,6-7,9-10,15,18-20,23H,5,8,11-13H2,1H3. The summed E-state index contributed by atoms with van der Waals surface area (Å²) in [6.45, 7) is 0.693. The number of aliphatic hydroxyl groups excluding tert-OH is 1. The summed E-state index contributed by atoms with van der Waals surface area (Å²) in [6, 6.07) is 14.8. The second-order valence-electron chi connectivity index (χ2n) is 7.49. The molecule has 4 atom stereocenters. The number of benzene rings is 2. The Balaban J connectivity index is 1.46. The van der Waals surface area contributed by atoms with Gasteiger partial charge in [0.25, 0.3) is 0 Å². The third kappa shape index (κ3) is 2.82. The predicted octanol–water partition coefficient (Wildman–Crippen LogP) is 3.56. The van der Waals surface area contributed by atoms with E-state index in [0.717, 1.165) is 25.7 Å². The molecule has 2 saturated carbocycles. The van der Waals surface area contributed by atoms with E-state index in [-0.39, 0.29) is 23.8 Å². The van der Waals surface area contributed by atoms with Gasteiger partial charge < -0.3 is 10.0 Å². The number of amides is 1. The number of rotatable bonds is 4. The van der Waals surface area contributed by atoms with Crippen molar-refractivity contribution in [3.05, 3.63) is 48.0 Å². The maximum Gasteiger partial charge on any atom is 0.226 e. The first-order valence-corrected chi connectivity index (χ1v) is 9.06. The summed E-state index contributed by atoms with van der Waals surface area (Å²) in [5.41, 5.74) is 1.31. The van der Waals surface area contributed by atoms with E-state index in [1.165, 1.54) is 16.3 Å². The predicted molar refractivity (Wildman–Crippen MR) is 95.8 cm³/mol.